The van der Waals surface area contributed by atoms with Gasteiger partial charge in [0.05, 0.1) is 12.2 Å². The van der Waals surface area contributed by atoms with Gasteiger partial charge in [0.25, 0.3) is 0 Å². The minimum absolute atomic E-state index is 0.0789. The summed E-state index contributed by atoms with van der Waals surface area (Å²) in [5.41, 5.74) is 1.94. The summed E-state index contributed by atoms with van der Waals surface area (Å²) >= 11 is 0. The summed E-state index contributed by atoms with van der Waals surface area (Å²) in [6, 6.07) is 19.6. The van der Waals surface area contributed by atoms with Gasteiger partial charge in [0.2, 0.25) is 5.78 Å². The van der Waals surface area contributed by atoms with Crippen molar-refractivity contribution < 1.29 is 14.3 Å². The van der Waals surface area contributed by atoms with Crippen LogP contribution in [0.4, 0.5) is 0 Å². The van der Waals surface area contributed by atoms with E-state index in [4.69, 9.17) is 9.47 Å². The lowest BCUT2D eigenvalue weighted by atomic mass is 9.98. The lowest BCUT2D eigenvalue weighted by Crippen LogP contribution is -2.42. The molecule has 0 bridgehead atoms. The molecule has 3 nitrogen and oxygen atoms in total. The van der Waals surface area contributed by atoms with Crippen LogP contribution in [-0.2, 0) is 14.3 Å². The first-order valence-corrected chi connectivity index (χ1v) is 8.52. The molecule has 0 aliphatic carbocycles. The van der Waals surface area contributed by atoms with E-state index in [-0.39, 0.29) is 24.4 Å². The number of hydrogen-bond donors (Lipinski definition) is 0. The highest BCUT2D eigenvalue weighted by molar-refractivity contribution is 5.96. The van der Waals surface area contributed by atoms with Crippen molar-refractivity contribution in [2.45, 2.75) is 44.7 Å². The third-order valence-electron chi connectivity index (χ3n) is 4.06. The lowest BCUT2D eigenvalue weighted by molar-refractivity contribution is -0.301. The van der Waals surface area contributed by atoms with Crippen LogP contribution in [0.3, 0.4) is 0 Å². The van der Waals surface area contributed by atoms with Crippen LogP contribution in [0, 0.1) is 11.8 Å². The number of ether oxygens (including phenoxy) is 2. The van der Waals surface area contributed by atoms with Crippen LogP contribution in [0.15, 0.2) is 60.7 Å². The van der Waals surface area contributed by atoms with E-state index < -0.39 is 5.79 Å². The highest BCUT2D eigenvalue weighted by Crippen LogP contribution is 2.36. The average Bonchev–Trinajstić information content (AvgIpc) is 2.60. The molecule has 2 aromatic carbocycles. The summed E-state index contributed by atoms with van der Waals surface area (Å²) in [6.45, 7) is 3.77. The van der Waals surface area contributed by atoms with Crippen molar-refractivity contribution in [1.29, 1.82) is 0 Å². The van der Waals surface area contributed by atoms with E-state index in [0.717, 1.165) is 11.1 Å². The molecular formula is C22H22O3. The van der Waals surface area contributed by atoms with Gasteiger partial charge < -0.3 is 9.47 Å². The van der Waals surface area contributed by atoms with Crippen molar-refractivity contribution in [2.24, 2.45) is 0 Å². The van der Waals surface area contributed by atoms with Crippen molar-refractivity contribution >= 4 is 5.78 Å². The maximum atomic E-state index is 12.2. The Morgan fingerprint density at radius 1 is 1.04 bits per heavy atom. The van der Waals surface area contributed by atoms with Crippen LogP contribution in [0.1, 0.15) is 43.9 Å². The predicted molar refractivity (Wildman–Crippen MR) is 96.8 cm³/mol. The van der Waals surface area contributed by atoms with Gasteiger partial charge in [-0.05, 0) is 37.5 Å². The number of carbonyl (C=O) groups excluding carboxylic acids is 1. The predicted octanol–water partition coefficient (Wildman–Crippen LogP) is 4.28. The number of hydrogen-bond acceptors (Lipinski definition) is 3. The molecule has 3 rings (SSSR count). The van der Waals surface area contributed by atoms with Crippen molar-refractivity contribution in [1.82, 2.24) is 0 Å². The molecule has 2 atom stereocenters. The molecule has 1 fully saturated rings. The van der Waals surface area contributed by atoms with E-state index in [1.807, 2.05) is 74.5 Å². The molecule has 3 heteroatoms. The number of ketones is 1. The van der Waals surface area contributed by atoms with Crippen molar-refractivity contribution in [3.63, 3.8) is 0 Å². The summed E-state index contributed by atoms with van der Waals surface area (Å²) in [5.74, 6) is 4.79. The van der Waals surface area contributed by atoms with Gasteiger partial charge >= 0.3 is 0 Å². The van der Waals surface area contributed by atoms with Gasteiger partial charge in [0.1, 0.15) is 0 Å². The second-order valence-corrected chi connectivity index (χ2v) is 6.64. The molecule has 1 saturated heterocycles. The standard InChI is InChI=1S/C22H22O3/c1-22(2)24-20(16-21(25-22)18-11-7-4-8-12-18)15-19(23)14-13-17-9-5-3-6-10-17/h3-12,20-21H,15-16H2,1-2H3/t20-,21-/m1/s1. The Bertz CT molecular complexity index is 769. The first kappa shape index (κ1) is 17.4. The summed E-state index contributed by atoms with van der Waals surface area (Å²) < 4.78 is 12.0. The van der Waals surface area contributed by atoms with Crippen molar-refractivity contribution in [3.05, 3.63) is 71.8 Å². The molecule has 25 heavy (non-hydrogen) atoms. The van der Waals surface area contributed by atoms with Crippen LogP contribution in [0.25, 0.3) is 0 Å². The van der Waals surface area contributed by atoms with E-state index in [0.29, 0.717) is 6.42 Å². The van der Waals surface area contributed by atoms with Crippen LogP contribution in [0.5, 0.6) is 0 Å². The zero-order valence-corrected chi connectivity index (χ0v) is 14.6. The SMILES string of the molecule is CC1(C)O[C@H](CC(=O)C#Cc2ccccc2)C[C@H](c2ccccc2)O1. The maximum Gasteiger partial charge on any atom is 0.208 e. The molecule has 0 amide bonds. The van der Waals surface area contributed by atoms with Crippen molar-refractivity contribution in [3.8, 4) is 11.8 Å². The molecule has 1 aliphatic rings. The molecule has 0 saturated carbocycles. The quantitative estimate of drug-likeness (QED) is 0.786. The van der Waals surface area contributed by atoms with Gasteiger partial charge in [0.15, 0.2) is 5.79 Å². The third kappa shape index (κ3) is 5.03. The van der Waals surface area contributed by atoms with Gasteiger partial charge in [-0.1, -0.05) is 54.5 Å². The highest BCUT2D eigenvalue weighted by atomic mass is 16.7. The number of Topliss-reactive ketones (excluding diaryl/α,β-unsaturated/α-hetero) is 1. The average molecular weight is 334 g/mol. The van der Waals surface area contributed by atoms with Gasteiger partial charge in [-0.25, -0.2) is 0 Å². The van der Waals surface area contributed by atoms with Gasteiger partial charge in [-0.3, -0.25) is 4.79 Å². The Balaban J connectivity index is 1.67. The monoisotopic (exact) mass is 334 g/mol. The van der Waals surface area contributed by atoms with Gasteiger partial charge in [0, 0.05) is 18.4 Å². The van der Waals surface area contributed by atoms with Crippen LogP contribution in [-0.4, -0.2) is 17.7 Å². The smallest absolute Gasteiger partial charge is 0.208 e. The molecule has 0 spiro atoms. The Morgan fingerprint density at radius 3 is 2.36 bits per heavy atom. The van der Waals surface area contributed by atoms with E-state index in [2.05, 4.69) is 11.8 Å². The fourth-order valence-electron chi connectivity index (χ4n) is 3.02. The topological polar surface area (TPSA) is 35.5 Å². The van der Waals surface area contributed by atoms with Crippen molar-refractivity contribution in [2.75, 3.05) is 0 Å². The molecule has 0 aromatic heterocycles. The fraction of sp³-hybridized carbons (Fsp3) is 0.318. The number of benzene rings is 2. The molecule has 128 valence electrons. The normalized spacial score (nSPS) is 21.8. The van der Waals surface area contributed by atoms with E-state index in [9.17, 15) is 4.79 Å². The molecule has 0 unspecified atom stereocenters. The van der Waals surface area contributed by atoms with Crippen LogP contribution < -0.4 is 0 Å². The maximum absolute atomic E-state index is 12.2. The first-order chi connectivity index (χ1) is 12.0. The summed E-state index contributed by atoms with van der Waals surface area (Å²) in [5, 5.41) is 0. The number of rotatable bonds is 3. The fourth-order valence-corrected chi connectivity index (χ4v) is 3.02. The lowest BCUT2D eigenvalue weighted by Gasteiger charge is -2.40. The molecular weight excluding hydrogens is 312 g/mol. The Kier molecular flexibility index (Phi) is 5.33. The first-order valence-electron chi connectivity index (χ1n) is 8.52. The molecule has 0 radical (unpaired) electrons. The van der Waals surface area contributed by atoms with Crippen LogP contribution in [0.2, 0.25) is 0 Å². The van der Waals surface area contributed by atoms with E-state index in [1.165, 1.54) is 0 Å². The summed E-state index contributed by atoms with van der Waals surface area (Å²) in [6.07, 6.45) is 0.638. The van der Waals surface area contributed by atoms with E-state index >= 15 is 0 Å². The molecule has 0 N–H and O–H groups in total. The summed E-state index contributed by atoms with van der Waals surface area (Å²) in [4.78, 5) is 12.2. The summed E-state index contributed by atoms with van der Waals surface area (Å²) in [7, 11) is 0. The van der Waals surface area contributed by atoms with E-state index in [1.54, 1.807) is 0 Å². The Hall–Kier alpha value is -2.41. The number of carbonyl (C=O) groups is 1. The minimum Gasteiger partial charge on any atom is -0.347 e. The molecule has 1 aliphatic heterocycles. The molecule has 2 aromatic rings. The second kappa shape index (κ2) is 7.65. The third-order valence-corrected chi connectivity index (χ3v) is 4.06. The van der Waals surface area contributed by atoms with Gasteiger partial charge in [-0.15, -0.1) is 0 Å². The Labute approximate surface area is 149 Å². The zero-order chi connectivity index (χ0) is 17.7. The highest BCUT2D eigenvalue weighted by Gasteiger charge is 2.36. The molecule has 1 heterocycles. The van der Waals surface area contributed by atoms with Crippen LogP contribution >= 0.6 is 0 Å². The largest absolute Gasteiger partial charge is 0.347 e. The second-order valence-electron chi connectivity index (χ2n) is 6.64. The minimum atomic E-state index is -0.726. The van der Waals surface area contributed by atoms with Gasteiger partial charge in [-0.2, -0.15) is 0 Å². The Morgan fingerprint density at radius 2 is 1.68 bits per heavy atom. The zero-order valence-electron chi connectivity index (χ0n) is 14.6.